The van der Waals surface area contributed by atoms with Crippen LogP contribution in [0.2, 0.25) is 0 Å². The summed E-state index contributed by atoms with van der Waals surface area (Å²) in [4.78, 5) is 39.5. The van der Waals surface area contributed by atoms with Crippen molar-refractivity contribution in [2.75, 3.05) is 178 Å². The van der Waals surface area contributed by atoms with Crippen LogP contribution in [-0.2, 0) is 14.4 Å². The van der Waals surface area contributed by atoms with Crippen LogP contribution < -0.4 is 79.8 Å². The van der Waals surface area contributed by atoms with Crippen LogP contribution in [0.1, 0.15) is 128 Å². The lowest BCUT2D eigenvalue weighted by atomic mass is 9.93. The summed E-state index contributed by atoms with van der Waals surface area (Å²) in [5, 5.41) is 61.0. The van der Waals surface area contributed by atoms with Gasteiger partial charge in [-0.25, -0.2) is 0 Å². The van der Waals surface area contributed by atoms with Crippen LogP contribution in [0.5, 0.6) is 0 Å². The molecule has 0 fully saturated rings. The van der Waals surface area contributed by atoms with E-state index in [-0.39, 0.29) is 0 Å². The summed E-state index contributed by atoms with van der Waals surface area (Å²) < 4.78 is 0. The van der Waals surface area contributed by atoms with Gasteiger partial charge >= 0.3 is 0 Å². The molecule has 0 aromatic carbocycles. The van der Waals surface area contributed by atoms with E-state index in [2.05, 4.69) is 79.8 Å². The van der Waals surface area contributed by atoms with Gasteiger partial charge in [0.05, 0.1) is 12.8 Å². The van der Waals surface area contributed by atoms with Crippen molar-refractivity contribution in [1.29, 1.82) is 0 Å². The number of hydrogen-bond acceptors (Lipinski definition) is 16. The fourth-order valence-electron chi connectivity index (χ4n) is 7.64. The van der Waals surface area contributed by atoms with Crippen LogP contribution in [-0.4, -0.2) is 207 Å². The van der Waals surface area contributed by atoms with Crippen LogP contribution in [0.15, 0.2) is 0 Å². The molecule has 0 aliphatic rings. The van der Waals surface area contributed by atoms with E-state index in [4.69, 9.17) is 0 Å². The fourth-order valence-corrected chi connectivity index (χ4v) is 7.64. The van der Waals surface area contributed by atoms with Gasteiger partial charge < -0.3 is 84.9 Å². The van der Waals surface area contributed by atoms with Gasteiger partial charge in [0, 0.05) is 19.6 Å². The van der Waals surface area contributed by atoms with Gasteiger partial charge in [-0.15, -0.1) is 0 Å². The SMILES string of the molecule is CNCCCNCCCCNCCCNCCCCNC(=O)CC(O)(CC(=O)NCCCCNCCCNCCCCNCCCNC)C(=O)NCCCCNCCCNCCCCNCCCNC. The number of amides is 3. The summed E-state index contributed by atoms with van der Waals surface area (Å²) in [6.45, 7) is 22.3. The molecule has 0 aliphatic heterocycles. The van der Waals surface area contributed by atoms with E-state index in [0.29, 0.717) is 19.6 Å². The first kappa shape index (κ1) is 67.9. The molecule has 0 unspecified atom stereocenters. The lowest BCUT2D eigenvalue weighted by molar-refractivity contribution is -0.149. The third kappa shape index (κ3) is 50.8. The molecule has 0 aliphatic carbocycles. The van der Waals surface area contributed by atoms with Gasteiger partial charge in [-0.05, 0) is 274 Å². The van der Waals surface area contributed by atoms with E-state index in [1.165, 1.54) is 38.5 Å². The number of carbonyl (C=O) groups is 3. The monoisotopic (exact) mass is 1000 g/mol. The molecule has 416 valence electrons. The molecule has 19 heteroatoms. The number of aliphatic hydroxyl groups is 1. The minimum absolute atomic E-state index is 0.356. The highest BCUT2D eigenvalue weighted by atomic mass is 16.3. The molecule has 0 saturated carbocycles. The predicted molar refractivity (Wildman–Crippen MR) is 294 cm³/mol. The van der Waals surface area contributed by atoms with Crippen molar-refractivity contribution in [3.8, 4) is 0 Å². The Balaban J connectivity index is 4.41. The molecule has 70 heavy (non-hydrogen) atoms. The fraction of sp³-hybridized carbons (Fsp3) is 0.941. The van der Waals surface area contributed by atoms with Crippen molar-refractivity contribution >= 4 is 17.7 Å². The zero-order chi connectivity index (χ0) is 51.0. The van der Waals surface area contributed by atoms with Crippen molar-refractivity contribution < 1.29 is 19.5 Å². The number of unbranched alkanes of at least 4 members (excludes halogenated alkanes) is 6. The second kappa shape index (κ2) is 56.2. The van der Waals surface area contributed by atoms with Gasteiger partial charge in [-0.1, -0.05) is 0 Å². The van der Waals surface area contributed by atoms with E-state index in [1.54, 1.807) is 0 Å². The quantitative estimate of drug-likeness (QED) is 0.0354. The maximum atomic E-state index is 13.4. The molecule has 0 bridgehead atoms. The van der Waals surface area contributed by atoms with E-state index >= 15 is 0 Å². The third-order valence-corrected chi connectivity index (χ3v) is 11.9. The van der Waals surface area contributed by atoms with Gasteiger partial charge in [0.15, 0.2) is 5.60 Å². The van der Waals surface area contributed by atoms with Crippen LogP contribution >= 0.6 is 0 Å². The summed E-state index contributed by atoms with van der Waals surface area (Å²) in [6, 6.07) is 0. The molecule has 0 aromatic heterocycles. The van der Waals surface area contributed by atoms with Gasteiger partial charge in [0.25, 0.3) is 5.91 Å². The van der Waals surface area contributed by atoms with Crippen LogP contribution in [0.25, 0.3) is 0 Å². The number of rotatable bonds is 59. The Morgan fingerprint density at radius 2 is 0.457 bits per heavy atom. The Hall–Kier alpha value is -2.11. The highest BCUT2D eigenvalue weighted by Crippen LogP contribution is 2.17. The molecular formula is C51H113N15O4. The normalized spacial score (nSPS) is 11.7. The maximum Gasteiger partial charge on any atom is 0.253 e. The summed E-state index contributed by atoms with van der Waals surface area (Å²) >= 11 is 0. The standard InChI is InChI=1S/C51H113N15O4/c1-52-22-16-34-55-25-4-7-28-58-37-19-40-61-31-10-13-43-64-48(67)46-51(70,50(69)66-45-15-12-33-63-42-21-39-60-30-9-6-27-57-36-18-24-54-3)47-49(68)65-44-14-11-32-62-41-20-38-59-29-8-5-26-56-35-17-23-53-2/h52-63,70H,4-47H2,1-3H3,(H,64,67)(H,65,68)(H,66,69). The summed E-state index contributed by atoms with van der Waals surface area (Å²) in [5.74, 6) is -1.56. The summed E-state index contributed by atoms with van der Waals surface area (Å²) in [7, 11) is 5.96. The van der Waals surface area contributed by atoms with Gasteiger partial charge in [-0.3, -0.25) is 14.4 Å². The second-order valence-electron chi connectivity index (χ2n) is 18.8. The molecule has 0 heterocycles. The summed E-state index contributed by atoms with van der Waals surface area (Å²) in [6.07, 6.45) is 17.7. The molecule has 0 radical (unpaired) electrons. The molecule has 0 rings (SSSR count). The highest BCUT2D eigenvalue weighted by molar-refractivity contribution is 5.95. The Morgan fingerprint density at radius 1 is 0.271 bits per heavy atom. The van der Waals surface area contributed by atoms with Gasteiger partial charge in [0.1, 0.15) is 0 Å². The first-order chi connectivity index (χ1) is 34.4. The van der Waals surface area contributed by atoms with Crippen LogP contribution in [0, 0.1) is 0 Å². The van der Waals surface area contributed by atoms with Gasteiger partial charge in [-0.2, -0.15) is 0 Å². The topological polar surface area (TPSA) is 252 Å². The van der Waals surface area contributed by atoms with E-state index in [9.17, 15) is 19.5 Å². The van der Waals surface area contributed by atoms with E-state index in [0.717, 1.165) is 214 Å². The van der Waals surface area contributed by atoms with E-state index < -0.39 is 36.2 Å². The molecule has 19 nitrogen and oxygen atoms in total. The molecule has 3 amide bonds. The van der Waals surface area contributed by atoms with Crippen LogP contribution in [0.3, 0.4) is 0 Å². The molecule has 0 atom stereocenters. The zero-order valence-corrected chi connectivity index (χ0v) is 45.3. The number of nitrogens with one attached hydrogen (secondary N) is 15. The van der Waals surface area contributed by atoms with Crippen molar-refractivity contribution in [2.24, 2.45) is 0 Å². The largest absolute Gasteiger partial charge is 0.379 e. The Labute approximate surface area is 428 Å². The average molecular weight is 1000 g/mol. The summed E-state index contributed by atoms with van der Waals surface area (Å²) in [5.41, 5.74) is -2.14. The zero-order valence-electron chi connectivity index (χ0n) is 45.3. The lowest BCUT2D eigenvalue weighted by Crippen LogP contribution is -2.52. The molecular weight excluding hydrogens is 887 g/mol. The smallest absolute Gasteiger partial charge is 0.253 e. The average Bonchev–Trinajstić information content (AvgIpc) is 3.35. The maximum absolute atomic E-state index is 13.4. The molecule has 0 saturated heterocycles. The molecule has 16 N–H and O–H groups in total. The number of carbonyl (C=O) groups excluding carboxylic acids is 3. The van der Waals surface area contributed by atoms with Crippen molar-refractivity contribution in [1.82, 2.24) is 79.8 Å². The molecule has 0 aromatic rings. The second-order valence-corrected chi connectivity index (χ2v) is 18.8. The minimum Gasteiger partial charge on any atom is -0.379 e. The van der Waals surface area contributed by atoms with Crippen molar-refractivity contribution in [2.45, 2.75) is 134 Å². The Morgan fingerprint density at radius 3 is 0.686 bits per heavy atom. The first-order valence-electron chi connectivity index (χ1n) is 28.2. The third-order valence-electron chi connectivity index (χ3n) is 11.9. The molecule has 0 spiro atoms. The minimum atomic E-state index is -2.14. The predicted octanol–water partition coefficient (Wildman–Crippen LogP) is -0.167. The van der Waals surface area contributed by atoms with E-state index in [1.807, 2.05) is 21.1 Å². The van der Waals surface area contributed by atoms with Gasteiger partial charge in [0.2, 0.25) is 11.8 Å². The highest BCUT2D eigenvalue weighted by Gasteiger charge is 2.40. The van der Waals surface area contributed by atoms with Crippen molar-refractivity contribution in [3.05, 3.63) is 0 Å². The Kier molecular flexibility index (Phi) is 54.5. The lowest BCUT2D eigenvalue weighted by Gasteiger charge is -2.26. The number of hydrogen-bond donors (Lipinski definition) is 16. The Bertz CT molecular complexity index is 1060. The van der Waals surface area contributed by atoms with Crippen molar-refractivity contribution in [3.63, 3.8) is 0 Å². The first-order valence-corrected chi connectivity index (χ1v) is 28.2. The van der Waals surface area contributed by atoms with Crippen LogP contribution in [0.4, 0.5) is 0 Å².